The van der Waals surface area contributed by atoms with E-state index < -0.39 is 21.7 Å². The smallest absolute Gasteiger partial charge is 0.339 e. The van der Waals surface area contributed by atoms with Crippen molar-refractivity contribution < 1.29 is 22.7 Å². The molecule has 1 aromatic carbocycles. The summed E-state index contributed by atoms with van der Waals surface area (Å²) in [6.07, 6.45) is 3.98. The van der Waals surface area contributed by atoms with Crippen LogP contribution in [0.25, 0.3) is 0 Å². The van der Waals surface area contributed by atoms with Crippen molar-refractivity contribution in [2.75, 3.05) is 23.9 Å². The van der Waals surface area contributed by atoms with E-state index in [0.29, 0.717) is 17.8 Å². The van der Waals surface area contributed by atoms with Gasteiger partial charge in [0.25, 0.3) is 5.91 Å². The number of para-hydroxylation sites is 1. The number of esters is 1. The Balaban J connectivity index is 1.67. The Bertz CT molecular complexity index is 1070. The number of methoxy groups -OCH3 is 1. The Morgan fingerprint density at radius 3 is 2.69 bits per heavy atom. The number of benzene rings is 1. The molecule has 2 aliphatic rings. The van der Waals surface area contributed by atoms with Gasteiger partial charge in [-0.1, -0.05) is 12.1 Å². The van der Waals surface area contributed by atoms with Gasteiger partial charge in [-0.25, -0.2) is 13.2 Å². The largest absolute Gasteiger partial charge is 0.465 e. The molecule has 2 heterocycles. The van der Waals surface area contributed by atoms with Gasteiger partial charge in [0.05, 0.1) is 35.9 Å². The van der Waals surface area contributed by atoms with Crippen LogP contribution in [0.1, 0.15) is 57.4 Å². The van der Waals surface area contributed by atoms with Crippen molar-refractivity contribution in [1.82, 2.24) is 9.78 Å². The highest BCUT2D eigenvalue weighted by Gasteiger charge is 2.34. The zero-order valence-electron chi connectivity index (χ0n) is 16.2. The second kappa shape index (κ2) is 7.62. The number of rotatable bonds is 4. The van der Waals surface area contributed by atoms with Crippen LogP contribution in [-0.2, 0) is 27.4 Å². The third-order valence-electron chi connectivity index (χ3n) is 5.56. The van der Waals surface area contributed by atoms with Crippen LogP contribution in [0, 0.1) is 0 Å². The molecule has 1 aromatic heterocycles. The van der Waals surface area contributed by atoms with E-state index in [1.807, 2.05) is 0 Å². The van der Waals surface area contributed by atoms with Crippen LogP contribution in [0.2, 0.25) is 0 Å². The summed E-state index contributed by atoms with van der Waals surface area (Å²) in [7, 11) is -1.77. The molecule has 0 radical (unpaired) electrons. The molecule has 1 N–H and O–H groups in total. The number of nitrogens with zero attached hydrogens (tertiary/aromatic N) is 2. The summed E-state index contributed by atoms with van der Waals surface area (Å²) < 4.78 is 30.4. The van der Waals surface area contributed by atoms with Gasteiger partial charge in [0.1, 0.15) is 0 Å². The van der Waals surface area contributed by atoms with Crippen molar-refractivity contribution in [3.63, 3.8) is 0 Å². The van der Waals surface area contributed by atoms with E-state index in [0.717, 1.165) is 36.9 Å². The van der Waals surface area contributed by atoms with E-state index in [9.17, 15) is 18.0 Å². The normalized spacial score (nSPS) is 20.1. The highest BCUT2D eigenvalue weighted by molar-refractivity contribution is 7.91. The molecular formula is C20H23N3O5S. The van der Waals surface area contributed by atoms with E-state index in [4.69, 9.17) is 4.74 Å². The third-order valence-corrected chi connectivity index (χ3v) is 7.31. The Morgan fingerprint density at radius 1 is 1.21 bits per heavy atom. The first-order chi connectivity index (χ1) is 13.9. The summed E-state index contributed by atoms with van der Waals surface area (Å²) >= 11 is 0. The summed E-state index contributed by atoms with van der Waals surface area (Å²) in [5, 5.41) is 7.33. The first kappa shape index (κ1) is 19.6. The monoisotopic (exact) mass is 417 g/mol. The minimum atomic E-state index is -3.06. The number of carbonyl (C=O) groups is 2. The first-order valence-electron chi connectivity index (χ1n) is 9.69. The van der Waals surface area contributed by atoms with Crippen LogP contribution in [0.4, 0.5) is 5.69 Å². The molecule has 0 unspecified atom stereocenters. The second-order valence-corrected chi connectivity index (χ2v) is 9.70. The maximum absolute atomic E-state index is 13.0. The van der Waals surface area contributed by atoms with Crippen LogP contribution < -0.4 is 5.32 Å². The third kappa shape index (κ3) is 3.78. The molecule has 9 heteroatoms. The lowest BCUT2D eigenvalue weighted by atomic mass is 9.95. The van der Waals surface area contributed by atoms with Gasteiger partial charge in [-0.15, -0.1) is 0 Å². The van der Waals surface area contributed by atoms with E-state index in [2.05, 4.69) is 10.4 Å². The Morgan fingerprint density at radius 2 is 1.97 bits per heavy atom. The van der Waals surface area contributed by atoms with Gasteiger partial charge in [-0.05, 0) is 44.2 Å². The van der Waals surface area contributed by atoms with Gasteiger partial charge >= 0.3 is 5.97 Å². The average molecular weight is 417 g/mol. The van der Waals surface area contributed by atoms with Crippen LogP contribution in [0.3, 0.4) is 0 Å². The molecule has 1 amide bonds. The summed E-state index contributed by atoms with van der Waals surface area (Å²) in [5.74, 6) is -0.725. The number of ether oxygens (including phenoxy) is 1. The summed E-state index contributed by atoms with van der Waals surface area (Å²) in [6.45, 7) is 0. The van der Waals surface area contributed by atoms with Crippen molar-refractivity contribution in [3.05, 3.63) is 46.8 Å². The molecule has 0 bridgehead atoms. The van der Waals surface area contributed by atoms with Crippen molar-refractivity contribution in [2.24, 2.45) is 0 Å². The molecule has 2 aromatic rings. The topological polar surface area (TPSA) is 107 Å². The Kier molecular flexibility index (Phi) is 5.16. The SMILES string of the molecule is COC(=O)c1ccccc1NC(=O)c1nn([C@H]2CCS(=O)(=O)C2)c2c1CCCC2. The number of aromatic nitrogens is 2. The average Bonchev–Trinajstić information content (AvgIpc) is 3.28. The van der Waals surface area contributed by atoms with E-state index >= 15 is 0 Å². The van der Waals surface area contributed by atoms with Crippen LogP contribution >= 0.6 is 0 Å². The number of carbonyl (C=O) groups excluding carboxylic acids is 2. The van der Waals surface area contributed by atoms with Crippen LogP contribution in [0.15, 0.2) is 24.3 Å². The molecule has 1 saturated heterocycles. The standard InChI is InChI=1S/C20H23N3O5S/c1-28-20(25)14-6-2-4-8-16(14)21-19(24)18-15-7-3-5-9-17(15)23(22-18)13-10-11-29(26,27)12-13/h2,4,6,8,13H,3,5,7,9-12H2,1H3,(H,21,24)/t13-/m0/s1. The van der Waals surface area contributed by atoms with Crippen molar-refractivity contribution in [2.45, 2.75) is 38.1 Å². The lowest BCUT2D eigenvalue weighted by molar-refractivity contribution is 0.0602. The second-order valence-electron chi connectivity index (χ2n) is 7.47. The first-order valence-corrected chi connectivity index (χ1v) is 11.5. The fraction of sp³-hybridized carbons (Fsp3) is 0.450. The molecule has 1 atom stereocenters. The molecule has 1 fully saturated rings. The van der Waals surface area contributed by atoms with Gasteiger partial charge < -0.3 is 10.1 Å². The number of amides is 1. The predicted octanol–water partition coefficient (Wildman–Crippen LogP) is 2.16. The van der Waals surface area contributed by atoms with E-state index in [-0.39, 0.29) is 23.1 Å². The molecule has 1 aliphatic carbocycles. The molecule has 0 spiro atoms. The van der Waals surface area contributed by atoms with Gasteiger partial charge in [0.15, 0.2) is 15.5 Å². The maximum Gasteiger partial charge on any atom is 0.339 e. The number of hydrogen-bond donors (Lipinski definition) is 1. The number of fused-ring (bicyclic) bond motifs is 1. The number of hydrogen-bond acceptors (Lipinski definition) is 6. The van der Waals surface area contributed by atoms with Gasteiger partial charge in [-0.2, -0.15) is 5.10 Å². The zero-order valence-corrected chi connectivity index (χ0v) is 17.0. The van der Waals surface area contributed by atoms with Crippen LogP contribution in [-0.4, -0.2) is 48.7 Å². The molecule has 4 rings (SSSR count). The fourth-order valence-electron chi connectivity index (χ4n) is 4.14. The minimum Gasteiger partial charge on any atom is -0.465 e. The number of anilines is 1. The van der Waals surface area contributed by atoms with Gasteiger partial charge in [-0.3, -0.25) is 9.48 Å². The summed E-state index contributed by atoms with van der Waals surface area (Å²) in [4.78, 5) is 25.0. The Labute approximate surface area is 169 Å². The number of sulfone groups is 1. The quantitative estimate of drug-likeness (QED) is 0.764. The lowest BCUT2D eigenvalue weighted by Crippen LogP contribution is -2.18. The zero-order chi connectivity index (χ0) is 20.6. The van der Waals surface area contributed by atoms with E-state index in [1.165, 1.54) is 7.11 Å². The maximum atomic E-state index is 13.0. The van der Waals surface area contributed by atoms with Crippen molar-refractivity contribution >= 4 is 27.4 Å². The number of nitrogens with one attached hydrogen (secondary N) is 1. The molecule has 29 heavy (non-hydrogen) atoms. The predicted molar refractivity (Wildman–Crippen MR) is 107 cm³/mol. The van der Waals surface area contributed by atoms with Gasteiger partial charge in [0.2, 0.25) is 0 Å². The summed E-state index contributed by atoms with van der Waals surface area (Å²) in [5.41, 5.74) is 2.77. The molecule has 0 saturated carbocycles. The molecular weight excluding hydrogens is 394 g/mol. The molecule has 8 nitrogen and oxygen atoms in total. The van der Waals surface area contributed by atoms with Crippen molar-refractivity contribution in [3.8, 4) is 0 Å². The van der Waals surface area contributed by atoms with Gasteiger partial charge in [0, 0.05) is 11.3 Å². The fourth-order valence-corrected chi connectivity index (χ4v) is 5.83. The molecule has 1 aliphatic heterocycles. The molecule has 154 valence electrons. The minimum absolute atomic E-state index is 0.0629. The van der Waals surface area contributed by atoms with E-state index in [1.54, 1.807) is 28.9 Å². The van der Waals surface area contributed by atoms with Crippen molar-refractivity contribution in [1.29, 1.82) is 0 Å². The summed E-state index contributed by atoms with van der Waals surface area (Å²) in [6, 6.07) is 6.41. The van der Waals surface area contributed by atoms with Crippen LogP contribution in [0.5, 0.6) is 0 Å². The highest BCUT2D eigenvalue weighted by Crippen LogP contribution is 2.31. The highest BCUT2D eigenvalue weighted by atomic mass is 32.2. The lowest BCUT2D eigenvalue weighted by Gasteiger charge is -2.17. The Hall–Kier alpha value is -2.68.